The summed E-state index contributed by atoms with van der Waals surface area (Å²) in [5.74, 6) is 0. The Morgan fingerprint density at radius 1 is 1.15 bits per heavy atom. The Kier molecular flexibility index (Phi) is 4.77. The Morgan fingerprint density at radius 2 is 1.78 bits per heavy atom. The molecule has 0 amide bonds. The first-order valence-electron chi connectivity index (χ1n) is 7.68. The van der Waals surface area contributed by atoms with E-state index in [2.05, 4.69) is 9.97 Å². The maximum Gasteiger partial charge on any atom is 0.417 e. The van der Waals surface area contributed by atoms with Gasteiger partial charge in [-0.25, -0.2) is 0 Å². The van der Waals surface area contributed by atoms with Gasteiger partial charge in [-0.2, -0.15) is 18.4 Å². The highest BCUT2D eigenvalue weighted by Gasteiger charge is 2.31. The van der Waals surface area contributed by atoms with E-state index in [0.29, 0.717) is 22.4 Å². The smallest absolute Gasteiger partial charge is 0.325 e. The van der Waals surface area contributed by atoms with Crippen molar-refractivity contribution in [2.24, 2.45) is 0 Å². The van der Waals surface area contributed by atoms with Gasteiger partial charge in [-0.05, 0) is 24.6 Å². The number of halogens is 4. The van der Waals surface area contributed by atoms with Crippen molar-refractivity contribution in [2.45, 2.75) is 13.1 Å². The van der Waals surface area contributed by atoms with Crippen LogP contribution in [0.2, 0.25) is 5.02 Å². The lowest BCUT2D eigenvalue weighted by Crippen LogP contribution is -2.12. The van der Waals surface area contributed by atoms with E-state index in [1.807, 2.05) is 6.07 Å². The summed E-state index contributed by atoms with van der Waals surface area (Å²) in [5.41, 5.74) is 0.986. The number of H-pyrrole nitrogens is 1. The second-order valence-corrected chi connectivity index (χ2v) is 6.22. The van der Waals surface area contributed by atoms with Gasteiger partial charge in [0.05, 0.1) is 16.3 Å². The zero-order chi connectivity index (χ0) is 19.8. The summed E-state index contributed by atoms with van der Waals surface area (Å²) in [6.07, 6.45) is -3.80. The quantitative estimate of drug-likeness (QED) is 0.673. The van der Waals surface area contributed by atoms with Crippen LogP contribution in [0, 0.1) is 18.3 Å². The molecule has 27 heavy (non-hydrogen) atoms. The molecular weight excluding hydrogens is 379 g/mol. The Hall–Kier alpha value is -3.11. The average Bonchev–Trinajstić information content (AvgIpc) is 2.60. The molecule has 0 bridgehead atoms. The number of nitrogens with one attached hydrogen (secondary N) is 1. The van der Waals surface area contributed by atoms with Crippen LogP contribution in [0.5, 0.6) is 0 Å². The monoisotopic (exact) mass is 389 g/mol. The minimum absolute atomic E-state index is 0.0148. The number of alkyl halides is 3. The van der Waals surface area contributed by atoms with Gasteiger partial charge in [0.1, 0.15) is 11.6 Å². The van der Waals surface area contributed by atoms with Crippen molar-refractivity contribution < 1.29 is 13.2 Å². The van der Waals surface area contributed by atoms with Crippen LogP contribution in [0.4, 0.5) is 13.2 Å². The van der Waals surface area contributed by atoms with Gasteiger partial charge in [0.25, 0.3) is 5.56 Å². The number of hydrogen-bond acceptors (Lipinski definition) is 3. The maximum absolute atomic E-state index is 12.7. The molecule has 2 heterocycles. The van der Waals surface area contributed by atoms with E-state index in [4.69, 9.17) is 11.6 Å². The number of aryl methyl sites for hydroxylation is 1. The van der Waals surface area contributed by atoms with Gasteiger partial charge in [0.15, 0.2) is 0 Å². The summed E-state index contributed by atoms with van der Waals surface area (Å²) in [7, 11) is 0. The number of benzene rings is 1. The molecule has 0 atom stereocenters. The molecular formula is C19H11ClF3N3O. The molecule has 0 aliphatic heterocycles. The summed E-state index contributed by atoms with van der Waals surface area (Å²) in [4.78, 5) is 18.3. The highest BCUT2D eigenvalue weighted by atomic mass is 35.5. The average molecular weight is 390 g/mol. The van der Waals surface area contributed by atoms with Gasteiger partial charge in [0, 0.05) is 23.0 Å². The molecule has 0 aliphatic rings. The summed E-state index contributed by atoms with van der Waals surface area (Å²) in [6.45, 7) is 1.70. The van der Waals surface area contributed by atoms with Crippen LogP contribution in [0.1, 0.15) is 16.8 Å². The SMILES string of the molecule is Cc1cc(-c2ccc(-c3ncc(C(F)(F)F)cc3Cl)cc2)c(C#N)c(=O)[nH]1. The molecule has 2 aromatic heterocycles. The van der Waals surface area contributed by atoms with Gasteiger partial charge in [-0.15, -0.1) is 0 Å². The molecule has 0 spiro atoms. The van der Waals surface area contributed by atoms with Crippen LogP contribution in [0.3, 0.4) is 0 Å². The van der Waals surface area contributed by atoms with Gasteiger partial charge in [-0.1, -0.05) is 35.9 Å². The lowest BCUT2D eigenvalue weighted by Gasteiger charge is -2.10. The molecule has 0 aliphatic carbocycles. The standard InChI is InChI=1S/C19H11ClF3N3O/c1-10-6-14(15(8-24)18(27)26-10)11-2-4-12(5-3-11)17-16(20)7-13(9-25-17)19(21,22)23/h2-7,9H,1H3,(H,26,27). The van der Waals surface area contributed by atoms with Crippen molar-refractivity contribution in [1.82, 2.24) is 9.97 Å². The highest BCUT2D eigenvalue weighted by molar-refractivity contribution is 6.33. The minimum atomic E-state index is -4.52. The first-order chi connectivity index (χ1) is 12.7. The molecule has 3 rings (SSSR count). The zero-order valence-electron chi connectivity index (χ0n) is 13.9. The summed E-state index contributed by atoms with van der Waals surface area (Å²) in [5, 5.41) is 9.10. The van der Waals surface area contributed by atoms with Crippen molar-refractivity contribution in [2.75, 3.05) is 0 Å². The number of nitriles is 1. The second-order valence-electron chi connectivity index (χ2n) is 5.81. The Balaban J connectivity index is 2.03. The molecule has 1 N–H and O–H groups in total. The first-order valence-corrected chi connectivity index (χ1v) is 8.06. The molecule has 0 saturated carbocycles. The molecule has 1 aromatic carbocycles. The minimum Gasteiger partial charge on any atom is -0.325 e. The van der Waals surface area contributed by atoms with Gasteiger partial charge in [0.2, 0.25) is 0 Å². The Bertz CT molecular complexity index is 1110. The zero-order valence-corrected chi connectivity index (χ0v) is 14.6. The number of rotatable bonds is 2. The second kappa shape index (κ2) is 6.89. The van der Waals surface area contributed by atoms with Gasteiger partial charge in [-0.3, -0.25) is 9.78 Å². The molecule has 4 nitrogen and oxygen atoms in total. The van der Waals surface area contributed by atoms with Crippen LogP contribution in [-0.4, -0.2) is 9.97 Å². The van der Waals surface area contributed by atoms with E-state index in [1.54, 1.807) is 37.3 Å². The highest BCUT2D eigenvalue weighted by Crippen LogP contribution is 2.34. The third-order valence-electron chi connectivity index (χ3n) is 3.92. The Morgan fingerprint density at radius 3 is 2.33 bits per heavy atom. The maximum atomic E-state index is 12.7. The number of nitrogens with zero attached hydrogens (tertiary/aromatic N) is 2. The van der Waals surface area contributed by atoms with E-state index >= 15 is 0 Å². The lowest BCUT2D eigenvalue weighted by atomic mass is 9.99. The number of aromatic amines is 1. The number of aromatic nitrogens is 2. The molecule has 136 valence electrons. The molecule has 0 fully saturated rings. The van der Waals surface area contributed by atoms with Crippen molar-refractivity contribution in [1.29, 1.82) is 5.26 Å². The van der Waals surface area contributed by atoms with Crippen LogP contribution < -0.4 is 5.56 Å². The van der Waals surface area contributed by atoms with Crippen LogP contribution in [0.15, 0.2) is 47.4 Å². The van der Waals surface area contributed by atoms with Crippen molar-refractivity contribution in [3.8, 4) is 28.5 Å². The van der Waals surface area contributed by atoms with E-state index in [1.165, 1.54) is 0 Å². The molecule has 0 radical (unpaired) electrons. The van der Waals surface area contributed by atoms with Crippen LogP contribution >= 0.6 is 11.6 Å². The summed E-state index contributed by atoms with van der Waals surface area (Å²) < 4.78 is 38.2. The van der Waals surface area contributed by atoms with Crippen molar-refractivity contribution >= 4 is 11.6 Å². The van der Waals surface area contributed by atoms with E-state index in [9.17, 15) is 23.2 Å². The normalized spacial score (nSPS) is 11.3. The lowest BCUT2D eigenvalue weighted by molar-refractivity contribution is -0.137. The van der Waals surface area contributed by atoms with Gasteiger partial charge < -0.3 is 4.98 Å². The van der Waals surface area contributed by atoms with E-state index in [0.717, 1.165) is 12.3 Å². The van der Waals surface area contributed by atoms with Crippen molar-refractivity contribution in [3.05, 3.63) is 74.8 Å². The fraction of sp³-hybridized carbons (Fsp3) is 0.105. The van der Waals surface area contributed by atoms with Crippen LogP contribution in [-0.2, 0) is 6.18 Å². The van der Waals surface area contributed by atoms with E-state index < -0.39 is 17.3 Å². The van der Waals surface area contributed by atoms with E-state index in [-0.39, 0.29) is 16.3 Å². The van der Waals surface area contributed by atoms with Gasteiger partial charge >= 0.3 is 6.18 Å². The predicted octanol–water partition coefficient (Wildman–Crippen LogP) is 4.96. The fourth-order valence-electron chi connectivity index (χ4n) is 2.64. The third kappa shape index (κ3) is 3.71. The topological polar surface area (TPSA) is 69.5 Å². The Labute approximate surface area is 156 Å². The van der Waals surface area contributed by atoms with Crippen molar-refractivity contribution in [3.63, 3.8) is 0 Å². The summed E-state index contributed by atoms with van der Waals surface area (Å²) in [6, 6.07) is 10.9. The third-order valence-corrected chi connectivity index (χ3v) is 4.21. The molecule has 0 saturated heterocycles. The van der Waals surface area contributed by atoms with Crippen LogP contribution in [0.25, 0.3) is 22.4 Å². The molecule has 0 unspecified atom stereocenters. The first kappa shape index (κ1) is 18.7. The predicted molar refractivity (Wildman–Crippen MR) is 95.2 cm³/mol. The molecule has 3 aromatic rings. The number of hydrogen-bond donors (Lipinski definition) is 1. The fourth-order valence-corrected chi connectivity index (χ4v) is 2.92. The largest absolute Gasteiger partial charge is 0.417 e. The summed E-state index contributed by atoms with van der Waals surface area (Å²) >= 11 is 5.96. The molecule has 8 heteroatoms. The number of pyridine rings is 2.